The van der Waals surface area contributed by atoms with E-state index in [1.54, 1.807) is 46.2 Å². The lowest BCUT2D eigenvalue weighted by atomic mass is 10.2. The molecule has 0 atom stereocenters. The molecule has 3 heterocycles. The summed E-state index contributed by atoms with van der Waals surface area (Å²) in [5.41, 5.74) is 3.02. The van der Waals surface area contributed by atoms with E-state index in [0.717, 1.165) is 22.3 Å². The van der Waals surface area contributed by atoms with Gasteiger partial charge in [-0.15, -0.1) is 0 Å². The zero-order valence-electron chi connectivity index (χ0n) is 15.1. The molecule has 0 aliphatic heterocycles. The minimum absolute atomic E-state index is 0.196. The maximum Gasteiger partial charge on any atom is 0.209 e. The molecule has 140 valence electrons. The van der Waals surface area contributed by atoms with Gasteiger partial charge in [0.1, 0.15) is 0 Å². The molecule has 2 aromatic carbocycles. The molecular weight excluding hydrogens is 386 g/mol. The van der Waals surface area contributed by atoms with Gasteiger partial charge in [-0.2, -0.15) is 10.2 Å². The topological polar surface area (TPSA) is 65.6 Å². The molecular formula is C22H14ClN5O. The molecule has 0 radical (unpaired) electrons. The van der Waals surface area contributed by atoms with Gasteiger partial charge in [-0.05, 0) is 36.4 Å². The molecule has 0 amide bonds. The van der Waals surface area contributed by atoms with Gasteiger partial charge in [0.05, 0.1) is 28.8 Å². The van der Waals surface area contributed by atoms with E-state index in [0.29, 0.717) is 10.7 Å². The van der Waals surface area contributed by atoms with Gasteiger partial charge in [0.2, 0.25) is 5.43 Å². The number of benzene rings is 2. The van der Waals surface area contributed by atoms with Gasteiger partial charge < -0.3 is 0 Å². The van der Waals surface area contributed by atoms with E-state index in [2.05, 4.69) is 15.2 Å². The Hall–Kier alpha value is -3.77. The van der Waals surface area contributed by atoms with Crippen molar-refractivity contribution in [3.8, 4) is 22.8 Å². The molecule has 0 spiro atoms. The van der Waals surface area contributed by atoms with Crippen LogP contribution in [0.15, 0.2) is 90.1 Å². The van der Waals surface area contributed by atoms with Crippen LogP contribution in [0.3, 0.4) is 0 Å². The molecule has 0 unspecified atom stereocenters. The number of rotatable bonds is 3. The zero-order chi connectivity index (χ0) is 19.8. The molecule has 5 rings (SSSR count). The highest BCUT2D eigenvalue weighted by molar-refractivity contribution is 6.30. The first kappa shape index (κ1) is 17.3. The third kappa shape index (κ3) is 3.09. The quantitative estimate of drug-likeness (QED) is 0.454. The number of para-hydroxylation sites is 1. The minimum Gasteiger partial charge on any atom is -0.287 e. The summed E-state index contributed by atoms with van der Waals surface area (Å²) in [6, 6.07) is 20.3. The summed E-state index contributed by atoms with van der Waals surface area (Å²) in [6.07, 6.45) is 5.02. The second-order valence-corrected chi connectivity index (χ2v) is 6.87. The Morgan fingerprint density at radius 1 is 0.897 bits per heavy atom. The predicted molar refractivity (Wildman–Crippen MR) is 113 cm³/mol. The van der Waals surface area contributed by atoms with Crippen molar-refractivity contribution < 1.29 is 0 Å². The molecule has 5 aromatic rings. The van der Waals surface area contributed by atoms with Gasteiger partial charge in [-0.3, -0.25) is 9.78 Å². The van der Waals surface area contributed by atoms with E-state index in [9.17, 15) is 4.79 Å². The highest BCUT2D eigenvalue weighted by Gasteiger charge is 2.14. The summed E-state index contributed by atoms with van der Waals surface area (Å²) >= 11 is 6.12. The Balaban J connectivity index is 1.69. The van der Waals surface area contributed by atoms with E-state index in [-0.39, 0.29) is 11.1 Å². The van der Waals surface area contributed by atoms with Crippen molar-refractivity contribution in [2.75, 3.05) is 0 Å². The van der Waals surface area contributed by atoms with Crippen molar-refractivity contribution in [1.82, 2.24) is 24.5 Å². The molecule has 0 aliphatic rings. The summed E-state index contributed by atoms with van der Waals surface area (Å²) in [7, 11) is 0. The van der Waals surface area contributed by atoms with E-state index in [1.165, 1.54) is 6.07 Å². The molecule has 0 N–H and O–H groups in total. The SMILES string of the molecule is O=c1ccn(-c2cccc3cccnc23)nc1-c1ccnn1-c1cccc(Cl)c1. The molecule has 0 aliphatic carbocycles. The van der Waals surface area contributed by atoms with Crippen LogP contribution in [-0.4, -0.2) is 24.5 Å². The summed E-state index contributed by atoms with van der Waals surface area (Å²) in [5, 5.41) is 10.6. The van der Waals surface area contributed by atoms with Crippen LogP contribution < -0.4 is 5.43 Å². The van der Waals surface area contributed by atoms with Crippen molar-refractivity contribution in [3.63, 3.8) is 0 Å². The number of halogens is 1. The van der Waals surface area contributed by atoms with Gasteiger partial charge >= 0.3 is 0 Å². The Kier molecular flexibility index (Phi) is 4.18. The van der Waals surface area contributed by atoms with E-state index in [4.69, 9.17) is 11.6 Å². The second kappa shape index (κ2) is 7.00. The number of nitrogens with zero attached hydrogens (tertiary/aromatic N) is 5. The van der Waals surface area contributed by atoms with Crippen LogP contribution in [0.1, 0.15) is 0 Å². The van der Waals surface area contributed by atoms with Crippen LogP contribution in [0.2, 0.25) is 5.02 Å². The molecule has 0 saturated heterocycles. The maximum atomic E-state index is 12.7. The van der Waals surface area contributed by atoms with E-state index in [1.807, 2.05) is 42.5 Å². The van der Waals surface area contributed by atoms with Crippen molar-refractivity contribution >= 4 is 22.5 Å². The molecule has 0 bridgehead atoms. The third-order valence-corrected chi connectivity index (χ3v) is 4.84. The lowest BCUT2D eigenvalue weighted by Gasteiger charge is -2.11. The number of hydrogen-bond acceptors (Lipinski definition) is 4. The van der Waals surface area contributed by atoms with E-state index < -0.39 is 0 Å². The van der Waals surface area contributed by atoms with Crippen molar-refractivity contribution in [3.05, 3.63) is 101 Å². The normalized spacial score (nSPS) is 11.1. The first-order valence-electron chi connectivity index (χ1n) is 8.95. The van der Waals surface area contributed by atoms with Gasteiger partial charge in [-0.25, -0.2) is 9.36 Å². The van der Waals surface area contributed by atoms with Gasteiger partial charge in [0.15, 0.2) is 5.69 Å². The van der Waals surface area contributed by atoms with Crippen LogP contribution in [-0.2, 0) is 0 Å². The van der Waals surface area contributed by atoms with Crippen LogP contribution >= 0.6 is 11.6 Å². The van der Waals surface area contributed by atoms with Crippen molar-refractivity contribution in [1.29, 1.82) is 0 Å². The fraction of sp³-hybridized carbons (Fsp3) is 0. The maximum absolute atomic E-state index is 12.7. The van der Waals surface area contributed by atoms with Crippen LogP contribution in [0.25, 0.3) is 33.7 Å². The summed E-state index contributed by atoms with van der Waals surface area (Å²) in [6.45, 7) is 0. The first-order valence-corrected chi connectivity index (χ1v) is 9.33. The fourth-order valence-electron chi connectivity index (χ4n) is 3.29. The smallest absolute Gasteiger partial charge is 0.209 e. The molecule has 0 saturated carbocycles. The van der Waals surface area contributed by atoms with Crippen molar-refractivity contribution in [2.24, 2.45) is 0 Å². The summed E-state index contributed by atoms with van der Waals surface area (Å²) in [4.78, 5) is 17.1. The van der Waals surface area contributed by atoms with E-state index >= 15 is 0 Å². The predicted octanol–water partition coefficient (Wildman–Crippen LogP) is 4.29. The third-order valence-electron chi connectivity index (χ3n) is 4.60. The van der Waals surface area contributed by atoms with Gasteiger partial charge in [0, 0.05) is 28.9 Å². The highest BCUT2D eigenvalue weighted by atomic mass is 35.5. The number of fused-ring (bicyclic) bond motifs is 1. The molecule has 7 heteroatoms. The number of hydrogen-bond donors (Lipinski definition) is 0. The molecule has 0 fully saturated rings. The Morgan fingerprint density at radius 2 is 1.76 bits per heavy atom. The largest absolute Gasteiger partial charge is 0.287 e. The lowest BCUT2D eigenvalue weighted by molar-refractivity contribution is 0.826. The highest BCUT2D eigenvalue weighted by Crippen LogP contribution is 2.22. The van der Waals surface area contributed by atoms with Crippen LogP contribution in [0.4, 0.5) is 0 Å². The second-order valence-electron chi connectivity index (χ2n) is 6.43. The van der Waals surface area contributed by atoms with Crippen LogP contribution in [0.5, 0.6) is 0 Å². The minimum atomic E-state index is -0.196. The Labute approximate surface area is 170 Å². The standard InChI is InChI=1S/C22H14ClN5O/c23-16-6-2-7-17(14-16)28-19(9-12-25-28)22-20(29)10-13-27(26-22)18-8-1-4-15-5-3-11-24-21(15)18/h1-14H. The number of aromatic nitrogens is 5. The average molecular weight is 400 g/mol. The average Bonchev–Trinajstić information content (AvgIpc) is 3.23. The van der Waals surface area contributed by atoms with Gasteiger partial charge in [0.25, 0.3) is 0 Å². The van der Waals surface area contributed by atoms with Crippen molar-refractivity contribution in [2.45, 2.75) is 0 Å². The number of pyridine rings is 1. The fourth-order valence-corrected chi connectivity index (χ4v) is 3.47. The van der Waals surface area contributed by atoms with Gasteiger partial charge in [-0.1, -0.05) is 35.9 Å². The molecule has 29 heavy (non-hydrogen) atoms. The zero-order valence-corrected chi connectivity index (χ0v) is 15.9. The molecule has 3 aromatic heterocycles. The summed E-state index contributed by atoms with van der Waals surface area (Å²) in [5.74, 6) is 0. The Morgan fingerprint density at radius 3 is 2.66 bits per heavy atom. The van der Waals surface area contributed by atoms with Crippen LogP contribution in [0, 0.1) is 0 Å². The lowest BCUT2D eigenvalue weighted by Crippen LogP contribution is -2.15. The molecule has 6 nitrogen and oxygen atoms in total. The summed E-state index contributed by atoms with van der Waals surface area (Å²) < 4.78 is 3.32. The monoisotopic (exact) mass is 399 g/mol. The Bertz CT molecular complexity index is 1400. The first-order chi connectivity index (χ1) is 14.2.